The number of hydrogen-bond donors (Lipinski definition) is 0. The van der Waals surface area contributed by atoms with Crippen LogP contribution in [0.5, 0.6) is 0 Å². The molecule has 0 aliphatic rings. The second kappa shape index (κ2) is 4.69. The summed E-state index contributed by atoms with van der Waals surface area (Å²) in [7, 11) is 0. The Balaban J connectivity index is 2.55. The quantitative estimate of drug-likeness (QED) is 0.646. The van der Waals surface area contributed by atoms with Gasteiger partial charge in [-0.2, -0.15) is 0 Å². The van der Waals surface area contributed by atoms with E-state index in [0.717, 1.165) is 0 Å². The van der Waals surface area contributed by atoms with Crippen molar-refractivity contribution in [3.63, 3.8) is 0 Å². The summed E-state index contributed by atoms with van der Waals surface area (Å²) >= 11 is 0. The Labute approximate surface area is 82.2 Å². The summed E-state index contributed by atoms with van der Waals surface area (Å²) in [6.07, 6.45) is 0.589. The highest BCUT2D eigenvalue weighted by molar-refractivity contribution is 5.69. The van der Waals surface area contributed by atoms with Crippen LogP contribution in [-0.2, 0) is 22.5 Å². The molecule has 14 heavy (non-hydrogen) atoms. The summed E-state index contributed by atoms with van der Waals surface area (Å²) < 4.78 is 6.42. The molecule has 0 saturated heterocycles. The molecule has 0 unspecified atom stereocenters. The lowest BCUT2D eigenvalue weighted by atomic mass is 10.4. The Bertz CT molecular complexity index is 308. The Morgan fingerprint density at radius 3 is 2.86 bits per heavy atom. The number of ether oxygens (including phenoxy) is 1. The SMILES string of the molecule is CCc1nnnn1CC(=O)OC(C)C. The summed E-state index contributed by atoms with van der Waals surface area (Å²) in [5.41, 5.74) is 0. The van der Waals surface area contributed by atoms with Gasteiger partial charge in [-0.15, -0.1) is 5.10 Å². The second-order valence-corrected chi connectivity index (χ2v) is 3.14. The molecule has 1 rings (SSSR count). The number of tetrazole rings is 1. The van der Waals surface area contributed by atoms with Crippen LogP contribution >= 0.6 is 0 Å². The Kier molecular flexibility index (Phi) is 3.55. The maximum absolute atomic E-state index is 11.3. The van der Waals surface area contributed by atoms with Gasteiger partial charge in [-0.3, -0.25) is 4.79 Å². The number of rotatable bonds is 4. The van der Waals surface area contributed by atoms with Crippen LogP contribution in [0.1, 0.15) is 26.6 Å². The van der Waals surface area contributed by atoms with E-state index in [1.54, 1.807) is 13.8 Å². The van der Waals surface area contributed by atoms with Gasteiger partial charge in [0.15, 0.2) is 5.82 Å². The zero-order valence-electron chi connectivity index (χ0n) is 8.60. The lowest BCUT2D eigenvalue weighted by Crippen LogP contribution is -2.19. The zero-order chi connectivity index (χ0) is 10.6. The van der Waals surface area contributed by atoms with Crippen LogP contribution in [0.15, 0.2) is 0 Å². The Hall–Kier alpha value is -1.46. The first-order valence-corrected chi connectivity index (χ1v) is 4.58. The highest BCUT2D eigenvalue weighted by Crippen LogP contribution is 1.96. The van der Waals surface area contributed by atoms with E-state index in [2.05, 4.69) is 15.5 Å². The van der Waals surface area contributed by atoms with Crippen LogP contribution in [-0.4, -0.2) is 32.3 Å². The van der Waals surface area contributed by atoms with Crippen molar-refractivity contribution >= 4 is 5.97 Å². The summed E-state index contributed by atoms with van der Waals surface area (Å²) in [5.74, 6) is 0.368. The topological polar surface area (TPSA) is 69.9 Å². The molecule has 1 aromatic rings. The zero-order valence-corrected chi connectivity index (χ0v) is 8.60. The maximum atomic E-state index is 11.3. The maximum Gasteiger partial charge on any atom is 0.328 e. The minimum absolute atomic E-state index is 0.0777. The van der Waals surface area contributed by atoms with Crippen molar-refractivity contribution < 1.29 is 9.53 Å². The molecule has 0 bridgehead atoms. The molecule has 0 N–H and O–H groups in total. The third-order valence-corrected chi connectivity index (χ3v) is 1.57. The average Bonchev–Trinajstić information content (AvgIpc) is 2.50. The Morgan fingerprint density at radius 2 is 2.29 bits per heavy atom. The Morgan fingerprint density at radius 1 is 1.57 bits per heavy atom. The fraction of sp³-hybridized carbons (Fsp3) is 0.750. The number of esters is 1. The van der Waals surface area contributed by atoms with E-state index in [1.807, 2.05) is 6.92 Å². The van der Waals surface area contributed by atoms with E-state index in [9.17, 15) is 4.79 Å². The highest BCUT2D eigenvalue weighted by Gasteiger charge is 2.10. The summed E-state index contributed by atoms with van der Waals surface area (Å²) in [5, 5.41) is 10.9. The summed E-state index contributed by atoms with van der Waals surface area (Å²) in [6.45, 7) is 5.61. The molecule has 0 spiro atoms. The predicted molar refractivity (Wildman–Crippen MR) is 48.4 cm³/mol. The first kappa shape index (κ1) is 10.6. The monoisotopic (exact) mass is 198 g/mol. The van der Waals surface area contributed by atoms with Gasteiger partial charge in [-0.25, -0.2) is 4.68 Å². The van der Waals surface area contributed by atoms with Crippen molar-refractivity contribution in [3.8, 4) is 0 Å². The molecule has 0 atom stereocenters. The summed E-state index contributed by atoms with van der Waals surface area (Å²) in [6, 6.07) is 0. The molecule has 0 fully saturated rings. The number of carbonyl (C=O) groups excluding carboxylic acids is 1. The molecular formula is C8H14N4O2. The van der Waals surface area contributed by atoms with Crippen molar-refractivity contribution in [1.82, 2.24) is 20.2 Å². The number of hydrogen-bond acceptors (Lipinski definition) is 5. The van der Waals surface area contributed by atoms with E-state index in [-0.39, 0.29) is 18.6 Å². The van der Waals surface area contributed by atoms with Crippen LogP contribution in [0.2, 0.25) is 0 Å². The van der Waals surface area contributed by atoms with Crippen molar-refractivity contribution in [1.29, 1.82) is 0 Å². The molecule has 0 radical (unpaired) electrons. The third kappa shape index (κ3) is 2.79. The molecule has 78 valence electrons. The summed E-state index contributed by atoms with van der Waals surface area (Å²) in [4.78, 5) is 11.3. The average molecular weight is 198 g/mol. The molecular weight excluding hydrogens is 184 g/mol. The molecule has 6 heteroatoms. The van der Waals surface area contributed by atoms with Crippen molar-refractivity contribution in [2.24, 2.45) is 0 Å². The molecule has 0 aromatic carbocycles. The van der Waals surface area contributed by atoms with Gasteiger partial charge in [-0.05, 0) is 24.3 Å². The van der Waals surface area contributed by atoms with Crippen LogP contribution in [0, 0.1) is 0 Å². The van der Waals surface area contributed by atoms with Gasteiger partial charge in [0.05, 0.1) is 6.10 Å². The van der Waals surface area contributed by atoms with Crippen molar-refractivity contribution in [3.05, 3.63) is 5.82 Å². The van der Waals surface area contributed by atoms with Crippen LogP contribution in [0.25, 0.3) is 0 Å². The van der Waals surface area contributed by atoms with Gasteiger partial charge in [0.2, 0.25) is 0 Å². The molecule has 1 heterocycles. The van der Waals surface area contributed by atoms with E-state index < -0.39 is 0 Å². The van der Waals surface area contributed by atoms with Crippen LogP contribution in [0.3, 0.4) is 0 Å². The fourth-order valence-corrected chi connectivity index (χ4v) is 1.02. The minimum atomic E-state index is -0.318. The predicted octanol–water partition coefficient (Wildman–Crippen LogP) is 0.187. The van der Waals surface area contributed by atoms with E-state index >= 15 is 0 Å². The van der Waals surface area contributed by atoms with Crippen molar-refractivity contribution in [2.75, 3.05) is 0 Å². The first-order valence-electron chi connectivity index (χ1n) is 4.58. The van der Waals surface area contributed by atoms with Gasteiger partial charge in [-0.1, -0.05) is 6.92 Å². The lowest BCUT2D eigenvalue weighted by molar-refractivity contribution is -0.148. The smallest absolute Gasteiger partial charge is 0.328 e. The molecule has 0 aliphatic carbocycles. The minimum Gasteiger partial charge on any atom is -0.462 e. The lowest BCUT2D eigenvalue weighted by Gasteiger charge is -2.07. The molecule has 0 amide bonds. The standard InChI is InChI=1S/C8H14N4O2/c1-4-7-9-10-11-12(7)5-8(13)14-6(2)3/h6H,4-5H2,1-3H3. The number of nitrogens with zero attached hydrogens (tertiary/aromatic N) is 4. The van der Waals surface area contributed by atoms with Crippen LogP contribution in [0.4, 0.5) is 0 Å². The second-order valence-electron chi connectivity index (χ2n) is 3.14. The first-order chi connectivity index (χ1) is 6.63. The normalized spacial score (nSPS) is 10.6. The third-order valence-electron chi connectivity index (χ3n) is 1.57. The number of aryl methyl sites for hydroxylation is 1. The largest absolute Gasteiger partial charge is 0.462 e. The molecule has 0 aliphatic heterocycles. The van der Waals surface area contributed by atoms with Gasteiger partial charge >= 0.3 is 5.97 Å². The number of aromatic nitrogens is 4. The molecule has 1 aromatic heterocycles. The van der Waals surface area contributed by atoms with Gasteiger partial charge in [0.1, 0.15) is 6.54 Å². The van der Waals surface area contributed by atoms with Crippen molar-refractivity contribution in [2.45, 2.75) is 39.8 Å². The fourth-order valence-electron chi connectivity index (χ4n) is 1.02. The van der Waals surface area contributed by atoms with E-state index in [4.69, 9.17) is 4.74 Å². The van der Waals surface area contributed by atoms with Gasteiger partial charge in [0, 0.05) is 6.42 Å². The number of carbonyl (C=O) groups is 1. The molecule has 0 saturated carbocycles. The highest BCUT2D eigenvalue weighted by atomic mass is 16.5. The molecule has 6 nitrogen and oxygen atoms in total. The van der Waals surface area contributed by atoms with Gasteiger partial charge < -0.3 is 4.74 Å². The van der Waals surface area contributed by atoms with E-state index in [0.29, 0.717) is 12.2 Å². The van der Waals surface area contributed by atoms with Gasteiger partial charge in [0.25, 0.3) is 0 Å². The van der Waals surface area contributed by atoms with Crippen LogP contribution < -0.4 is 0 Å². The van der Waals surface area contributed by atoms with E-state index in [1.165, 1.54) is 4.68 Å².